The van der Waals surface area contributed by atoms with Crippen LogP contribution >= 0.6 is 0 Å². The molecule has 0 saturated heterocycles. The molecule has 0 amide bonds. The van der Waals surface area contributed by atoms with Crippen LogP contribution < -0.4 is 13.7 Å². The minimum atomic E-state index is -0.0990. The largest absolute Gasteiger partial charge is 0.456 e. The summed E-state index contributed by atoms with van der Waals surface area (Å²) in [5, 5.41) is 0. The molecule has 0 unspecified atom stereocenters. The molecular weight excluding hydrogens is 953 g/mol. The topological polar surface area (TPSA) is 38.0 Å². The van der Waals surface area contributed by atoms with Gasteiger partial charge in [-0.1, -0.05) is 62.4 Å². The Morgan fingerprint density at radius 3 is 1.40 bits per heavy atom. The number of aromatic nitrogens is 6. The van der Waals surface area contributed by atoms with Crippen molar-refractivity contribution in [2.24, 2.45) is 0 Å². The SMILES string of the molecule is Cc1c(C)c(C)n2c3[n+](c(C)c2c1C)C(C)(C)c1cc2c(cc1-3)C(C)(C)c1ccccc1-2.Cc1c(C)c(C)n2c3[n+](c(C)c2c1C)C(C)(C)c1ccccc1C3.Cc1c(C)c(C)n2c3[n+](c(C)c2c1C)C(C)(C)c1ccoc1-3. The van der Waals surface area contributed by atoms with E-state index in [2.05, 4.69) is 253 Å². The van der Waals surface area contributed by atoms with Gasteiger partial charge in [-0.15, -0.1) is 0 Å². The molecule has 14 rings (SSSR count). The molecule has 7 heteroatoms. The molecule has 3 aromatic carbocycles. The molecular formula is C71H83N6O+3. The number of fused-ring (bicyclic) bond motifs is 17. The van der Waals surface area contributed by atoms with Gasteiger partial charge in [-0.25, -0.2) is 13.7 Å². The van der Waals surface area contributed by atoms with E-state index in [1.54, 1.807) is 0 Å². The lowest BCUT2D eigenvalue weighted by Crippen LogP contribution is -2.59. The number of nitrogens with zero attached hydrogens (tertiary/aromatic N) is 6. The van der Waals surface area contributed by atoms with Crippen molar-refractivity contribution < 1.29 is 18.1 Å². The maximum atomic E-state index is 5.88. The van der Waals surface area contributed by atoms with Crippen LogP contribution in [0.15, 0.2) is 77.4 Å². The molecule has 0 N–H and O–H groups in total. The highest BCUT2D eigenvalue weighted by molar-refractivity contribution is 5.86. The maximum Gasteiger partial charge on any atom is 0.332 e. The van der Waals surface area contributed by atoms with Gasteiger partial charge in [-0.3, -0.25) is 0 Å². The smallest absolute Gasteiger partial charge is 0.332 e. The zero-order valence-electron chi connectivity index (χ0n) is 51.2. The maximum absolute atomic E-state index is 5.88. The summed E-state index contributed by atoms with van der Waals surface area (Å²) in [5.41, 5.74) is 37.3. The normalized spacial score (nSPS) is 16.0. The zero-order valence-corrected chi connectivity index (χ0v) is 51.2. The van der Waals surface area contributed by atoms with Crippen molar-refractivity contribution in [2.75, 3.05) is 0 Å². The zero-order chi connectivity index (χ0) is 56.3. The number of hydrogen-bond acceptors (Lipinski definition) is 1. The van der Waals surface area contributed by atoms with Gasteiger partial charge in [0.1, 0.15) is 50.8 Å². The Labute approximate surface area is 463 Å². The fourth-order valence-electron chi connectivity index (χ4n) is 15.9. The average Bonchev–Trinajstić information content (AvgIpc) is 2.76. The number of furan rings is 1. The van der Waals surface area contributed by atoms with Crippen molar-refractivity contribution in [1.29, 1.82) is 0 Å². The molecule has 78 heavy (non-hydrogen) atoms. The van der Waals surface area contributed by atoms with Gasteiger partial charge < -0.3 is 4.42 Å². The van der Waals surface area contributed by atoms with Crippen molar-refractivity contribution in [3.8, 4) is 34.1 Å². The van der Waals surface area contributed by atoms with E-state index in [-0.39, 0.29) is 22.0 Å². The van der Waals surface area contributed by atoms with E-state index in [9.17, 15) is 0 Å². The first kappa shape index (κ1) is 51.7. The van der Waals surface area contributed by atoms with E-state index in [0.29, 0.717) is 0 Å². The van der Waals surface area contributed by atoms with Crippen LogP contribution in [0.1, 0.15) is 179 Å². The molecule has 10 aromatic rings. The number of aryl methyl sites for hydroxylation is 9. The second-order valence-corrected chi connectivity index (χ2v) is 26.0. The van der Waals surface area contributed by atoms with Gasteiger partial charge in [-0.2, -0.15) is 13.2 Å². The summed E-state index contributed by atoms with van der Waals surface area (Å²) in [6, 6.07) is 25.0. The first-order valence-electron chi connectivity index (χ1n) is 28.6. The molecule has 10 heterocycles. The third-order valence-corrected chi connectivity index (χ3v) is 21.0. The Kier molecular flexibility index (Phi) is 11.0. The quantitative estimate of drug-likeness (QED) is 0.140. The molecule has 0 radical (unpaired) electrons. The van der Waals surface area contributed by atoms with Crippen LogP contribution in [0.2, 0.25) is 0 Å². The highest BCUT2D eigenvalue weighted by Gasteiger charge is 2.51. The fourth-order valence-corrected chi connectivity index (χ4v) is 15.9. The Balaban J connectivity index is 0.000000120. The van der Waals surface area contributed by atoms with E-state index in [4.69, 9.17) is 4.42 Å². The average molecular weight is 1040 g/mol. The predicted molar refractivity (Wildman–Crippen MR) is 319 cm³/mol. The molecule has 7 aromatic heterocycles. The molecule has 1 aliphatic carbocycles. The number of benzene rings is 3. The van der Waals surface area contributed by atoms with Gasteiger partial charge in [0, 0.05) is 54.0 Å². The van der Waals surface area contributed by atoms with Crippen LogP contribution in [0, 0.1) is 104 Å². The van der Waals surface area contributed by atoms with Gasteiger partial charge in [0.05, 0.1) is 23.8 Å². The van der Waals surface area contributed by atoms with Crippen molar-refractivity contribution >= 4 is 16.6 Å². The fraction of sp³-hybridized carbons (Fsp3) is 0.394. The third-order valence-electron chi connectivity index (χ3n) is 21.0. The van der Waals surface area contributed by atoms with Crippen LogP contribution in [0.3, 0.4) is 0 Å². The summed E-state index contributed by atoms with van der Waals surface area (Å²) >= 11 is 0. The first-order valence-corrected chi connectivity index (χ1v) is 28.6. The number of pyridine rings is 3. The number of imidazole rings is 3. The molecule has 4 aliphatic rings. The van der Waals surface area contributed by atoms with Gasteiger partial charge in [0.2, 0.25) is 5.76 Å². The summed E-state index contributed by atoms with van der Waals surface area (Å²) in [6.07, 6.45) is 2.81. The molecule has 0 saturated carbocycles. The Bertz CT molecular complexity index is 4330. The number of hydrogen-bond donors (Lipinski definition) is 0. The van der Waals surface area contributed by atoms with Crippen molar-refractivity contribution in [3.63, 3.8) is 0 Å². The van der Waals surface area contributed by atoms with Crippen molar-refractivity contribution in [2.45, 2.75) is 188 Å². The van der Waals surface area contributed by atoms with Crippen LogP contribution in [-0.2, 0) is 28.5 Å². The molecule has 0 bridgehead atoms. The third kappa shape index (κ3) is 6.30. The van der Waals surface area contributed by atoms with Crippen LogP contribution in [-0.4, -0.2) is 13.2 Å². The van der Waals surface area contributed by atoms with Crippen molar-refractivity contribution in [1.82, 2.24) is 13.2 Å². The summed E-state index contributed by atoms with van der Waals surface area (Å²) in [6.45, 7) is 52.7. The van der Waals surface area contributed by atoms with E-state index in [1.165, 1.54) is 168 Å². The lowest BCUT2D eigenvalue weighted by atomic mass is 9.80. The summed E-state index contributed by atoms with van der Waals surface area (Å²) in [5.74, 6) is 4.95. The monoisotopic (exact) mass is 1040 g/mol. The predicted octanol–water partition coefficient (Wildman–Crippen LogP) is 15.4. The molecule has 0 atom stereocenters. The standard InChI is InChI=1S/C30H33N2.C22H27N2.C19H23N2O/c1-16-17(2)19(4)31-27(18(16)3)20(5)32-28(31)23-15-25-22(14-26(23)30(32,8)9)21-12-10-11-13-24(21)29(25,6)7;1-13-14(2)16(4)23-20-12-18-10-8-9-11-19(18)22(6,7)24(20)17(5)21(23)15(13)3;1-10-11(2)13(4)20-16(12(10)3)14(5)21-18(20)17-15(8-9-22-17)19(21,6)7/h10-15H,1-9H3;8-11H,12H2,1-7H3;8-9H,1-7H3/q3*+1. The highest BCUT2D eigenvalue weighted by Crippen LogP contribution is 2.53. The number of rotatable bonds is 0. The van der Waals surface area contributed by atoms with E-state index in [1.807, 2.05) is 6.26 Å². The Morgan fingerprint density at radius 2 is 0.821 bits per heavy atom. The Morgan fingerprint density at radius 1 is 0.385 bits per heavy atom. The van der Waals surface area contributed by atoms with E-state index >= 15 is 0 Å². The van der Waals surface area contributed by atoms with Gasteiger partial charge in [0.25, 0.3) is 11.6 Å². The van der Waals surface area contributed by atoms with Crippen LogP contribution in [0.4, 0.5) is 0 Å². The van der Waals surface area contributed by atoms with Crippen LogP contribution in [0.25, 0.3) is 50.6 Å². The van der Waals surface area contributed by atoms with Gasteiger partial charge in [-0.05, 0) is 204 Å². The molecule has 400 valence electrons. The Hall–Kier alpha value is -6.99. The molecule has 7 nitrogen and oxygen atoms in total. The summed E-state index contributed by atoms with van der Waals surface area (Å²) in [4.78, 5) is 0. The van der Waals surface area contributed by atoms with Gasteiger partial charge >= 0.3 is 5.82 Å². The lowest BCUT2D eigenvalue weighted by Gasteiger charge is -2.30. The van der Waals surface area contributed by atoms with Gasteiger partial charge in [0.15, 0.2) is 16.6 Å². The second-order valence-electron chi connectivity index (χ2n) is 26.0. The molecule has 0 spiro atoms. The molecule has 0 fully saturated rings. The second kappa shape index (κ2) is 16.5. The lowest BCUT2D eigenvalue weighted by molar-refractivity contribution is -0.759. The minimum absolute atomic E-state index is 0.0120. The molecule has 3 aliphatic heterocycles. The van der Waals surface area contributed by atoms with E-state index < -0.39 is 0 Å². The van der Waals surface area contributed by atoms with Crippen LogP contribution in [0.5, 0.6) is 0 Å². The van der Waals surface area contributed by atoms with Crippen molar-refractivity contribution in [3.05, 3.63) is 196 Å². The minimum Gasteiger partial charge on any atom is -0.456 e. The first-order chi connectivity index (χ1) is 36.5. The summed E-state index contributed by atoms with van der Waals surface area (Å²) in [7, 11) is 0. The summed E-state index contributed by atoms with van der Waals surface area (Å²) < 4.78 is 20.9. The highest BCUT2D eigenvalue weighted by atomic mass is 16.3. The van der Waals surface area contributed by atoms with E-state index in [0.717, 1.165) is 12.2 Å².